The molecule has 9 nitrogen and oxygen atoms in total. The first kappa shape index (κ1) is 26.8. The van der Waals surface area contributed by atoms with Gasteiger partial charge in [0.15, 0.2) is 11.0 Å². The van der Waals surface area contributed by atoms with E-state index in [4.69, 9.17) is 9.47 Å². The lowest BCUT2D eigenvalue weighted by molar-refractivity contribution is -0.120. The predicted molar refractivity (Wildman–Crippen MR) is 144 cm³/mol. The smallest absolute Gasteiger partial charge is 0.253 e. The van der Waals surface area contributed by atoms with Crippen LogP contribution in [0.25, 0.3) is 0 Å². The van der Waals surface area contributed by atoms with Gasteiger partial charge in [0.05, 0.1) is 31.7 Å². The number of amides is 1. The number of nitrogens with zero attached hydrogens (tertiary/aromatic N) is 4. The van der Waals surface area contributed by atoms with Gasteiger partial charge >= 0.3 is 0 Å². The molecule has 0 unspecified atom stereocenters. The molecule has 0 spiro atoms. The summed E-state index contributed by atoms with van der Waals surface area (Å²) in [5.74, 6) is 1.79. The van der Waals surface area contributed by atoms with Gasteiger partial charge in [-0.15, -0.1) is 16.8 Å². The van der Waals surface area contributed by atoms with Gasteiger partial charge < -0.3 is 19.4 Å². The van der Waals surface area contributed by atoms with Crippen molar-refractivity contribution >= 4 is 29.1 Å². The van der Waals surface area contributed by atoms with Crippen LogP contribution in [0.5, 0.6) is 11.5 Å². The third kappa shape index (κ3) is 6.88. The zero-order valence-electron chi connectivity index (χ0n) is 21.2. The SMILES string of the molecule is C=CCn1c(CNc2ccc(C)cc2)nnc1S[C@@H](C)C(=O)N/N=C(/C)c1ccc(OC)cc1OC. The Morgan fingerprint density at radius 2 is 1.94 bits per heavy atom. The molecule has 0 aliphatic rings. The van der Waals surface area contributed by atoms with Crippen molar-refractivity contribution in [1.29, 1.82) is 0 Å². The van der Waals surface area contributed by atoms with Crippen molar-refractivity contribution in [2.24, 2.45) is 5.10 Å². The fourth-order valence-electron chi connectivity index (χ4n) is 3.30. The van der Waals surface area contributed by atoms with Crippen LogP contribution < -0.4 is 20.2 Å². The van der Waals surface area contributed by atoms with Crippen LogP contribution in [0.2, 0.25) is 0 Å². The topological polar surface area (TPSA) is 103 Å². The molecule has 0 saturated carbocycles. The number of benzene rings is 2. The molecule has 10 heteroatoms. The number of aryl methyl sites for hydroxylation is 1. The summed E-state index contributed by atoms with van der Waals surface area (Å²) in [6, 6.07) is 13.6. The zero-order chi connectivity index (χ0) is 26.1. The Labute approximate surface area is 216 Å². The van der Waals surface area contributed by atoms with Crippen LogP contribution >= 0.6 is 11.8 Å². The lowest BCUT2D eigenvalue weighted by atomic mass is 10.1. The molecule has 2 N–H and O–H groups in total. The van der Waals surface area contributed by atoms with Crippen LogP contribution in [-0.4, -0.2) is 45.9 Å². The van der Waals surface area contributed by atoms with E-state index in [1.54, 1.807) is 40.2 Å². The maximum atomic E-state index is 12.8. The summed E-state index contributed by atoms with van der Waals surface area (Å²) in [5.41, 5.74) is 6.21. The van der Waals surface area contributed by atoms with E-state index in [1.807, 2.05) is 47.9 Å². The number of carbonyl (C=O) groups excluding carboxylic acids is 1. The summed E-state index contributed by atoms with van der Waals surface area (Å²) in [6.07, 6.45) is 1.78. The molecular formula is C26H32N6O3S. The number of thioether (sulfide) groups is 1. The minimum absolute atomic E-state index is 0.251. The lowest BCUT2D eigenvalue weighted by Crippen LogP contribution is -2.28. The molecule has 2 aromatic carbocycles. The summed E-state index contributed by atoms with van der Waals surface area (Å²) >= 11 is 1.31. The number of allylic oxidation sites excluding steroid dienone is 1. The average Bonchev–Trinajstić information content (AvgIpc) is 3.27. The van der Waals surface area contributed by atoms with Crippen LogP contribution in [0.3, 0.4) is 0 Å². The number of hydrogen-bond donors (Lipinski definition) is 2. The molecule has 1 amide bonds. The second-order valence-electron chi connectivity index (χ2n) is 8.02. The van der Waals surface area contributed by atoms with Crippen LogP contribution in [0.4, 0.5) is 5.69 Å². The quantitative estimate of drug-likeness (QED) is 0.162. The maximum Gasteiger partial charge on any atom is 0.253 e. The van der Waals surface area contributed by atoms with Crippen LogP contribution in [-0.2, 0) is 17.9 Å². The van der Waals surface area contributed by atoms with Gasteiger partial charge in [0.25, 0.3) is 5.91 Å². The third-order valence-electron chi connectivity index (χ3n) is 5.39. The fourth-order valence-corrected chi connectivity index (χ4v) is 4.17. The average molecular weight is 509 g/mol. The summed E-state index contributed by atoms with van der Waals surface area (Å²) in [6.45, 7) is 10.5. The number of hydrogen-bond acceptors (Lipinski definition) is 8. The lowest BCUT2D eigenvalue weighted by Gasteiger charge is -2.13. The zero-order valence-corrected chi connectivity index (χ0v) is 22.1. The number of aromatic nitrogens is 3. The van der Waals surface area contributed by atoms with Gasteiger partial charge in [0.1, 0.15) is 11.5 Å². The Bertz CT molecular complexity index is 1220. The summed E-state index contributed by atoms with van der Waals surface area (Å²) in [4.78, 5) is 12.8. The Balaban J connectivity index is 1.65. The number of hydrazone groups is 1. The first-order valence-corrected chi connectivity index (χ1v) is 12.3. The van der Waals surface area contributed by atoms with Crippen LogP contribution in [0, 0.1) is 6.92 Å². The molecule has 3 rings (SSSR count). The Hall–Kier alpha value is -3.79. The van der Waals surface area contributed by atoms with Gasteiger partial charge in [-0.05, 0) is 45.0 Å². The molecule has 190 valence electrons. The van der Waals surface area contributed by atoms with Gasteiger partial charge in [-0.2, -0.15) is 5.10 Å². The number of nitrogens with one attached hydrogen (secondary N) is 2. The molecule has 0 aliphatic heterocycles. The minimum atomic E-state index is -0.454. The molecule has 1 aromatic heterocycles. The van der Waals surface area contributed by atoms with Gasteiger partial charge in [-0.25, -0.2) is 5.43 Å². The Morgan fingerprint density at radius 1 is 1.19 bits per heavy atom. The largest absolute Gasteiger partial charge is 0.497 e. The van der Waals surface area contributed by atoms with Crippen molar-refractivity contribution in [2.45, 2.75) is 44.3 Å². The summed E-state index contributed by atoms with van der Waals surface area (Å²) < 4.78 is 12.6. The van der Waals surface area contributed by atoms with E-state index >= 15 is 0 Å². The van der Waals surface area contributed by atoms with E-state index in [9.17, 15) is 4.79 Å². The molecule has 3 aromatic rings. The van der Waals surface area contributed by atoms with Crippen LogP contribution in [0.1, 0.15) is 30.8 Å². The molecule has 0 saturated heterocycles. The highest BCUT2D eigenvalue weighted by Crippen LogP contribution is 2.26. The standard InChI is InChI=1S/C26H32N6O3S/c1-7-14-32-24(16-27-20-10-8-17(2)9-11-20)29-31-26(32)36-19(4)25(33)30-28-18(3)22-13-12-21(34-5)15-23(22)35-6/h7-13,15,19,27H,1,14,16H2,2-6H3,(H,30,33)/b28-18-/t19-/m0/s1. The number of ether oxygens (including phenoxy) is 2. The second kappa shape index (κ2) is 12.8. The first-order valence-electron chi connectivity index (χ1n) is 11.4. The molecule has 1 atom stereocenters. The Morgan fingerprint density at radius 3 is 2.61 bits per heavy atom. The van der Waals surface area contributed by atoms with Gasteiger partial charge in [0, 0.05) is 23.9 Å². The number of methoxy groups -OCH3 is 2. The van der Waals surface area contributed by atoms with Crippen molar-refractivity contribution in [1.82, 2.24) is 20.2 Å². The molecule has 0 fully saturated rings. The highest BCUT2D eigenvalue weighted by atomic mass is 32.2. The second-order valence-corrected chi connectivity index (χ2v) is 9.33. The molecule has 1 heterocycles. The van der Waals surface area contributed by atoms with E-state index in [-0.39, 0.29) is 5.91 Å². The highest BCUT2D eigenvalue weighted by molar-refractivity contribution is 8.00. The fraction of sp³-hybridized carbons (Fsp3) is 0.308. The van der Waals surface area contributed by atoms with Crippen molar-refractivity contribution in [3.05, 3.63) is 72.1 Å². The summed E-state index contributed by atoms with van der Waals surface area (Å²) in [5, 5.41) is 16.4. The molecule has 36 heavy (non-hydrogen) atoms. The first-order chi connectivity index (χ1) is 17.4. The monoisotopic (exact) mass is 508 g/mol. The molecule has 0 aliphatic carbocycles. The van der Waals surface area contributed by atoms with E-state index in [2.05, 4.69) is 32.6 Å². The predicted octanol–water partition coefficient (Wildman–Crippen LogP) is 4.42. The number of rotatable bonds is 12. The van der Waals surface area contributed by atoms with E-state index < -0.39 is 5.25 Å². The molecular weight excluding hydrogens is 476 g/mol. The van der Waals surface area contributed by atoms with Crippen LogP contribution in [0.15, 0.2) is 65.4 Å². The van der Waals surface area contributed by atoms with Crippen molar-refractivity contribution in [3.63, 3.8) is 0 Å². The summed E-state index contributed by atoms with van der Waals surface area (Å²) in [7, 11) is 3.17. The van der Waals surface area contributed by atoms with Gasteiger partial charge in [0.2, 0.25) is 0 Å². The number of anilines is 1. The van der Waals surface area contributed by atoms with E-state index in [0.29, 0.717) is 35.5 Å². The van der Waals surface area contributed by atoms with Gasteiger partial charge in [-0.1, -0.05) is 35.5 Å². The van der Waals surface area contributed by atoms with E-state index in [0.717, 1.165) is 17.1 Å². The van der Waals surface area contributed by atoms with Crippen molar-refractivity contribution in [3.8, 4) is 11.5 Å². The van der Waals surface area contributed by atoms with E-state index in [1.165, 1.54) is 17.3 Å². The number of carbonyl (C=O) groups is 1. The highest BCUT2D eigenvalue weighted by Gasteiger charge is 2.20. The van der Waals surface area contributed by atoms with Crippen molar-refractivity contribution in [2.75, 3.05) is 19.5 Å². The normalized spacial score (nSPS) is 12.1. The minimum Gasteiger partial charge on any atom is -0.497 e. The Kier molecular flexibility index (Phi) is 9.52. The molecule has 0 radical (unpaired) electrons. The third-order valence-corrected chi connectivity index (χ3v) is 6.47. The molecule has 0 bridgehead atoms. The van der Waals surface area contributed by atoms with Crippen molar-refractivity contribution < 1.29 is 14.3 Å². The maximum absolute atomic E-state index is 12.8. The van der Waals surface area contributed by atoms with Gasteiger partial charge in [-0.3, -0.25) is 4.79 Å².